The van der Waals surface area contributed by atoms with Crippen LogP contribution in [0.25, 0.3) is 0 Å². The van der Waals surface area contributed by atoms with Crippen molar-refractivity contribution >= 4 is 17.6 Å². The lowest BCUT2D eigenvalue weighted by Gasteiger charge is -2.39. The van der Waals surface area contributed by atoms with Gasteiger partial charge < -0.3 is 9.64 Å². The van der Waals surface area contributed by atoms with Gasteiger partial charge in [-0.25, -0.2) is 9.97 Å². The molecule has 1 aromatic heterocycles. The monoisotopic (exact) mass is 448 g/mol. The number of aromatic nitrogens is 2. The third-order valence-electron chi connectivity index (χ3n) is 7.33. The number of anilines is 1. The largest absolute Gasteiger partial charge is 0.381 e. The number of amides is 2. The van der Waals surface area contributed by atoms with Crippen molar-refractivity contribution in [1.29, 1.82) is 0 Å². The first-order valence-corrected chi connectivity index (χ1v) is 12.0. The molecule has 3 heterocycles. The van der Waals surface area contributed by atoms with E-state index in [1.165, 1.54) is 12.8 Å². The van der Waals surface area contributed by atoms with E-state index in [9.17, 15) is 9.59 Å². The minimum atomic E-state index is -0.592. The van der Waals surface area contributed by atoms with Gasteiger partial charge >= 0.3 is 0 Å². The Morgan fingerprint density at radius 2 is 1.88 bits per heavy atom. The number of benzene rings is 1. The number of rotatable bonds is 6. The van der Waals surface area contributed by atoms with Gasteiger partial charge in [0, 0.05) is 44.5 Å². The number of likely N-dealkylation sites (N-methyl/N-ethyl adjacent to an activating group) is 1. The minimum absolute atomic E-state index is 0.0712. The van der Waals surface area contributed by atoms with Crippen LogP contribution in [0.2, 0.25) is 0 Å². The lowest BCUT2D eigenvalue weighted by molar-refractivity contribution is -0.140. The molecule has 2 fully saturated rings. The van der Waals surface area contributed by atoms with Gasteiger partial charge in [0.05, 0.1) is 12.0 Å². The molecule has 0 radical (unpaired) electrons. The maximum atomic E-state index is 13.8. The van der Waals surface area contributed by atoms with E-state index >= 15 is 0 Å². The fraction of sp³-hybridized carbons (Fsp3) is 0.538. The molecule has 0 N–H and O–H groups in total. The second kappa shape index (κ2) is 8.86. The van der Waals surface area contributed by atoms with Crippen molar-refractivity contribution in [2.45, 2.75) is 57.4 Å². The molecule has 1 aliphatic carbocycles. The van der Waals surface area contributed by atoms with Crippen LogP contribution < -0.4 is 4.90 Å². The Morgan fingerprint density at radius 3 is 2.58 bits per heavy atom. The standard InChI is InChI=1S/C26H32N4O3/c1-18-21-10-11-23(31)30(16-19-8-9-19)24(21)28-22(27-18)17-29(2)25(32)26(12-14-33-15-13-26)20-6-4-3-5-7-20/h3-7,19H,8-17H2,1-2H3. The Balaban J connectivity index is 1.42. The van der Waals surface area contributed by atoms with Crippen LogP contribution in [0.3, 0.4) is 0 Å². The molecule has 0 atom stereocenters. The molecule has 33 heavy (non-hydrogen) atoms. The van der Waals surface area contributed by atoms with Crippen molar-refractivity contribution in [3.8, 4) is 0 Å². The first-order valence-electron chi connectivity index (χ1n) is 12.0. The van der Waals surface area contributed by atoms with Crippen LogP contribution >= 0.6 is 0 Å². The summed E-state index contributed by atoms with van der Waals surface area (Å²) in [5, 5.41) is 0. The highest BCUT2D eigenvalue weighted by atomic mass is 16.5. The molecule has 0 unspecified atom stereocenters. The van der Waals surface area contributed by atoms with E-state index in [0.717, 1.165) is 29.2 Å². The molecule has 7 nitrogen and oxygen atoms in total. The third-order valence-corrected chi connectivity index (χ3v) is 7.33. The van der Waals surface area contributed by atoms with Crippen molar-refractivity contribution in [3.63, 3.8) is 0 Å². The Labute approximate surface area is 195 Å². The summed E-state index contributed by atoms with van der Waals surface area (Å²) in [4.78, 5) is 39.7. The van der Waals surface area contributed by atoms with Crippen LogP contribution in [-0.2, 0) is 32.7 Å². The van der Waals surface area contributed by atoms with Gasteiger partial charge in [0.1, 0.15) is 11.6 Å². The van der Waals surface area contributed by atoms with Gasteiger partial charge in [-0.15, -0.1) is 0 Å². The Bertz CT molecular complexity index is 1050. The zero-order chi connectivity index (χ0) is 23.0. The van der Waals surface area contributed by atoms with Gasteiger partial charge in [-0.1, -0.05) is 30.3 Å². The molecule has 3 aliphatic rings. The molecule has 7 heteroatoms. The molecular formula is C26H32N4O3. The Morgan fingerprint density at radius 1 is 1.15 bits per heavy atom. The molecule has 1 saturated carbocycles. The molecule has 2 amide bonds. The Kier molecular flexibility index (Phi) is 5.91. The average Bonchev–Trinajstić information content (AvgIpc) is 3.66. The number of aryl methyl sites for hydroxylation is 1. The molecule has 0 bridgehead atoms. The van der Waals surface area contributed by atoms with Crippen LogP contribution in [0.15, 0.2) is 30.3 Å². The lowest BCUT2D eigenvalue weighted by atomic mass is 9.73. The predicted octanol–water partition coefficient (Wildman–Crippen LogP) is 3.18. The van der Waals surface area contributed by atoms with E-state index in [0.29, 0.717) is 57.2 Å². The van der Waals surface area contributed by atoms with Crippen molar-refractivity contribution in [1.82, 2.24) is 14.9 Å². The normalized spacial score (nSPS) is 19.8. The van der Waals surface area contributed by atoms with Crippen molar-refractivity contribution in [2.24, 2.45) is 5.92 Å². The molecule has 0 spiro atoms. The number of nitrogens with zero attached hydrogens (tertiary/aromatic N) is 4. The summed E-state index contributed by atoms with van der Waals surface area (Å²) < 4.78 is 5.60. The van der Waals surface area contributed by atoms with E-state index < -0.39 is 5.41 Å². The zero-order valence-corrected chi connectivity index (χ0v) is 19.5. The maximum absolute atomic E-state index is 13.8. The highest BCUT2D eigenvalue weighted by Gasteiger charge is 2.43. The first-order chi connectivity index (χ1) is 16.0. The molecule has 174 valence electrons. The van der Waals surface area contributed by atoms with E-state index in [1.54, 1.807) is 4.90 Å². The summed E-state index contributed by atoms with van der Waals surface area (Å²) in [6, 6.07) is 10.0. The van der Waals surface area contributed by atoms with Gasteiger partial charge in [-0.05, 0) is 50.5 Å². The van der Waals surface area contributed by atoms with Crippen LogP contribution in [0, 0.1) is 12.8 Å². The van der Waals surface area contributed by atoms with Gasteiger partial charge in [-0.2, -0.15) is 0 Å². The number of ether oxygens (including phenoxy) is 1. The van der Waals surface area contributed by atoms with E-state index in [1.807, 2.05) is 49.2 Å². The SMILES string of the molecule is Cc1nc(CN(C)C(=O)C2(c3ccccc3)CCOCC2)nc2c1CCC(=O)N2CC1CC1. The molecule has 1 saturated heterocycles. The second-order valence-electron chi connectivity index (χ2n) is 9.70. The van der Waals surface area contributed by atoms with Crippen molar-refractivity contribution in [2.75, 3.05) is 31.7 Å². The van der Waals surface area contributed by atoms with Crippen molar-refractivity contribution in [3.05, 3.63) is 53.0 Å². The fourth-order valence-corrected chi connectivity index (χ4v) is 5.21. The summed E-state index contributed by atoms with van der Waals surface area (Å²) in [6.07, 6.45) is 4.88. The zero-order valence-electron chi connectivity index (χ0n) is 19.5. The summed E-state index contributed by atoms with van der Waals surface area (Å²) in [5.74, 6) is 2.15. The van der Waals surface area contributed by atoms with Crippen LogP contribution in [-0.4, -0.2) is 53.5 Å². The highest BCUT2D eigenvalue weighted by molar-refractivity contribution is 5.95. The van der Waals surface area contributed by atoms with Gasteiger partial charge in [0.2, 0.25) is 11.8 Å². The van der Waals surface area contributed by atoms with Gasteiger partial charge in [0.15, 0.2) is 0 Å². The van der Waals surface area contributed by atoms with Gasteiger partial charge in [0.25, 0.3) is 0 Å². The maximum Gasteiger partial charge on any atom is 0.233 e. The summed E-state index contributed by atoms with van der Waals surface area (Å²) in [5.41, 5.74) is 2.42. The topological polar surface area (TPSA) is 75.6 Å². The number of fused-ring (bicyclic) bond motifs is 1. The Hall–Kier alpha value is -2.80. The molecular weight excluding hydrogens is 416 g/mol. The number of carbonyl (C=O) groups excluding carboxylic acids is 2. The van der Waals surface area contributed by atoms with E-state index in [4.69, 9.17) is 14.7 Å². The molecule has 5 rings (SSSR count). The molecule has 2 aromatic rings. The van der Waals surface area contributed by atoms with Crippen LogP contribution in [0.1, 0.15) is 54.7 Å². The third kappa shape index (κ3) is 4.26. The summed E-state index contributed by atoms with van der Waals surface area (Å²) >= 11 is 0. The summed E-state index contributed by atoms with van der Waals surface area (Å²) in [6.45, 7) is 4.19. The van der Waals surface area contributed by atoms with Crippen LogP contribution in [0.5, 0.6) is 0 Å². The number of carbonyl (C=O) groups is 2. The first kappa shape index (κ1) is 22.0. The lowest BCUT2D eigenvalue weighted by Crippen LogP contribution is -2.48. The molecule has 2 aliphatic heterocycles. The van der Waals surface area contributed by atoms with E-state index in [2.05, 4.69) is 0 Å². The quantitative estimate of drug-likeness (QED) is 0.679. The highest BCUT2D eigenvalue weighted by Crippen LogP contribution is 2.37. The van der Waals surface area contributed by atoms with Crippen molar-refractivity contribution < 1.29 is 14.3 Å². The fourth-order valence-electron chi connectivity index (χ4n) is 5.21. The predicted molar refractivity (Wildman–Crippen MR) is 125 cm³/mol. The summed E-state index contributed by atoms with van der Waals surface area (Å²) in [7, 11) is 1.83. The molecule has 1 aromatic carbocycles. The second-order valence-corrected chi connectivity index (χ2v) is 9.70. The number of hydrogen-bond donors (Lipinski definition) is 0. The number of hydrogen-bond acceptors (Lipinski definition) is 5. The smallest absolute Gasteiger partial charge is 0.233 e. The van der Waals surface area contributed by atoms with E-state index in [-0.39, 0.29) is 11.8 Å². The minimum Gasteiger partial charge on any atom is -0.381 e. The average molecular weight is 449 g/mol. The van der Waals surface area contributed by atoms with Gasteiger partial charge in [-0.3, -0.25) is 14.5 Å². The van der Waals surface area contributed by atoms with Crippen LogP contribution in [0.4, 0.5) is 5.82 Å².